The van der Waals surface area contributed by atoms with Crippen molar-refractivity contribution in [2.75, 3.05) is 12.3 Å². The summed E-state index contributed by atoms with van der Waals surface area (Å²) in [5, 5.41) is 9.11. The third-order valence-corrected chi connectivity index (χ3v) is 5.66. The monoisotopic (exact) mass is 398 g/mol. The van der Waals surface area contributed by atoms with Crippen molar-refractivity contribution in [3.8, 4) is 0 Å². The fourth-order valence-electron chi connectivity index (χ4n) is 3.03. The van der Waals surface area contributed by atoms with Gasteiger partial charge in [-0.15, -0.1) is 0 Å². The zero-order valence-electron chi connectivity index (χ0n) is 16.4. The predicted molar refractivity (Wildman–Crippen MR) is 114 cm³/mol. The third-order valence-electron chi connectivity index (χ3n) is 4.39. The Hall–Kier alpha value is -2.80. The Morgan fingerprint density at radius 1 is 1.11 bits per heavy atom. The Morgan fingerprint density at radius 3 is 2.68 bits per heavy atom. The first-order valence-electron chi connectivity index (χ1n) is 9.16. The van der Waals surface area contributed by atoms with Gasteiger partial charge in [-0.2, -0.15) is 5.10 Å². The maximum Gasteiger partial charge on any atom is 0.234 e. The summed E-state index contributed by atoms with van der Waals surface area (Å²) >= 11 is 0. The number of fused-ring (bicyclic) bond motifs is 1. The molecule has 0 bridgehead atoms. The lowest BCUT2D eigenvalue weighted by Crippen LogP contribution is -2.38. The number of nitrogens with zero attached hydrogens (tertiary/aromatic N) is 2. The van der Waals surface area contributed by atoms with Gasteiger partial charge >= 0.3 is 0 Å². The van der Waals surface area contributed by atoms with Crippen molar-refractivity contribution in [2.24, 2.45) is 12.5 Å². The first kappa shape index (κ1) is 19.9. The molecule has 6 nitrogen and oxygen atoms in total. The summed E-state index contributed by atoms with van der Waals surface area (Å²) in [6, 6.07) is 0. The predicted octanol–water partition coefficient (Wildman–Crippen LogP) is 0.980. The average Bonchev–Trinajstić information content (AvgIpc) is 2.86. The van der Waals surface area contributed by atoms with Crippen molar-refractivity contribution >= 4 is 21.8 Å². The molecule has 1 aromatic rings. The molecule has 148 valence electrons. The first-order valence-corrected chi connectivity index (χ1v) is 10.8. The highest BCUT2D eigenvalue weighted by molar-refractivity contribution is 7.89. The standard InChI is InChI=1S/C21H26N4O2S/c1-21(2)12-11-19(20-17(15-21)16-23-25(20)3)24-28(26,27)14-13-22-18-9-7-5-4-6-8-10-18/h4-12,15-16,22,24H,13-14H2,1-3H3/b5-4-,6-4?,7-5?,8-6-,9-7-,10-8?,18-9?,18-10+. The second-order valence-electron chi connectivity index (χ2n) is 7.38. The van der Waals surface area contributed by atoms with E-state index in [-0.39, 0.29) is 11.2 Å². The van der Waals surface area contributed by atoms with Crippen LogP contribution in [0.1, 0.15) is 13.8 Å². The van der Waals surface area contributed by atoms with Gasteiger partial charge in [-0.3, -0.25) is 9.40 Å². The molecule has 0 saturated carbocycles. The molecule has 3 rings (SSSR count). The molecule has 28 heavy (non-hydrogen) atoms. The van der Waals surface area contributed by atoms with Crippen LogP contribution in [0, 0.1) is 5.41 Å². The van der Waals surface area contributed by atoms with E-state index in [2.05, 4.69) is 35.1 Å². The highest BCUT2D eigenvalue weighted by Gasteiger charge is 2.18. The Kier molecular flexibility index (Phi) is 5.74. The number of aryl methyl sites for hydroxylation is 1. The Balaban J connectivity index is 1.75. The number of nitrogens with one attached hydrogen (secondary N) is 2. The summed E-state index contributed by atoms with van der Waals surface area (Å²) in [5.74, 6) is -0.0463. The quantitative estimate of drug-likeness (QED) is 0.749. The van der Waals surface area contributed by atoms with Crippen molar-refractivity contribution in [1.29, 1.82) is 0 Å². The van der Waals surface area contributed by atoms with Gasteiger partial charge in [0.25, 0.3) is 0 Å². The molecule has 0 aromatic carbocycles. The Labute approximate surface area is 166 Å². The molecule has 0 amide bonds. The van der Waals surface area contributed by atoms with E-state index in [9.17, 15) is 8.42 Å². The van der Waals surface area contributed by atoms with Gasteiger partial charge in [0.1, 0.15) is 0 Å². The molecule has 1 aromatic heterocycles. The van der Waals surface area contributed by atoms with Gasteiger partial charge in [0, 0.05) is 29.9 Å². The van der Waals surface area contributed by atoms with Crippen LogP contribution >= 0.6 is 0 Å². The number of hydrogen-bond acceptors (Lipinski definition) is 4. The van der Waals surface area contributed by atoms with Crippen LogP contribution in [0.15, 0.2) is 66.6 Å². The molecule has 0 aliphatic heterocycles. The Morgan fingerprint density at radius 2 is 1.86 bits per heavy atom. The molecule has 2 aliphatic rings. The minimum absolute atomic E-state index is 0.0463. The van der Waals surface area contributed by atoms with Gasteiger partial charge in [-0.05, 0) is 18.2 Å². The fourth-order valence-corrected chi connectivity index (χ4v) is 4.00. The first-order chi connectivity index (χ1) is 13.3. The summed E-state index contributed by atoms with van der Waals surface area (Å²) in [4.78, 5) is 0. The van der Waals surface area contributed by atoms with E-state index >= 15 is 0 Å². The van der Waals surface area contributed by atoms with Crippen LogP contribution < -0.4 is 20.6 Å². The van der Waals surface area contributed by atoms with E-state index in [1.165, 1.54) is 0 Å². The second kappa shape index (κ2) is 8.06. The summed E-state index contributed by atoms with van der Waals surface area (Å²) < 4.78 is 29.8. The molecule has 0 saturated heterocycles. The van der Waals surface area contributed by atoms with E-state index < -0.39 is 10.0 Å². The third kappa shape index (κ3) is 5.13. The minimum Gasteiger partial charge on any atom is -0.384 e. The summed E-state index contributed by atoms with van der Waals surface area (Å²) in [7, 11) is -1.72. The van der Waals surface area contributed by atoms with Gasteiger partial charge in [0.2, 0.25) is 10.0 Å². The normalized spacial score (nSPS) is 23.1. The van der Waals surface area contributed by atoms with E-state index in [1.54, 1.807) is 10.9 Å². The van der Waals surface area contributed by atoms with E-state index in [1.807, 2.05) is 61.7 Å². The van der Waals surface area contributed by atoms with E-state index in [4.69, 9.17) is 0 Å². The molecule has 1 heterocycles. The maximum atomic E-state index is 12.7. The summed E-state index contributed by atoms with van der Waals surface area (Å²) in [6.45, 7) is 4.44. The van der Waals surface area contributed by atoms with Gasteiger partial charge in [0.05, 0.1) is 23.0 Å². The molecule has 7 heteroatoms. The Bertz CT molecular complexity index is 1110. The summed E-state index contributed by atoms with van der Waals surface area (Å²) in [6.07, 6.45) is 21.1. The van der Waals surface area contributed by atoms with Crippen molar-refractivity contribution in [1.82, 2.24) is 19.8 Å². The van der Waals surface area contributed by atoms with Crippen molar-refractivity contribution in [3.63, 3.8) is 0 Å². The number of sulfonamides is 1. The number of hydrogen-bond donors (Lipinski definition) is 2. The van der Waals surface area contributed by atoms with Crippen LogP contribution in [0.3, 0.4) is 0 Å². The molecule has 0 fully saturated rings. The molecular weight excluding hydrogens is 372 g/mol. The molecule has 0 unspecified atom stereocenters. The zero-order chi connectivity index (χ0) is 20.2. The van der Waals surface area contributed by atoms with Crippen molar-refractivity contribution in [2.45, 2.75) is 13.8 Å². The molecule has 2 aliphatic carbocycles. The fraction of sp³-hybridized carbons (Fsp3) is 0.286. The topological polar surface area (TPSA) is 76.0 Å². The van der Waals surface area contributed by atoms with Crippen LogP contribution in [0.2, 0.25) is 0 Å². The molecule has 0 atom stereocenters. The van der Waals surface area contributed by atoms with Crippen LogP contribution in [0.25, 0.3) is 11.8 Å². The number of aromatic nitrogens is 2. The SMILES string of the molecule is Cn1ncc2c1=C(NS(=O)(=O)CCNC1=C/C=C\C=C/C=C\1)C=CC(C)(C)C=2. The van der Waals surface area contributed by atoms with Crippen LogP contribution in [-0.2, 0) is 17.1 Å². The minimum atomic E-state index is -3.53. The van der Waals surface area contributed by atoms with Crippen molar-refractivity contribution < 1.29 is 8.42 Å². The molecule has 0 spiro atoms. The van der Waals surface area contributed by atoms with Crippen molar-refractivity contribution in [3.05, 3.63) is 77.1 Å². The lowest BCUT2D eigenvalue weighted by molar-refractivity contribution is 0.589. The van der Waals surface area contributed by atoms with Crippen LogP contribution in [0.5, 0.6) is 0 Å². The van der Waals surface area contributed by atoms with Gasteiger partial charge in [-0.25, -0.2) is 8.42 Å². The lowest BCUT2D eigenvalue weighted by Gasteiger charge is -2.13. The molecular formula is C21H26N4O2S. The zero-order valence-corrected chi connectivity index (χ0v) is 17.2. The lowest BCUT2D eigenvalue weighted by atomic mass is 9.93. The van der Waals surface area contributed by atoms with Crippen LogP contribution in [-0.4, -0.2) is 30.5 Å². The van der Waals surface area contributed by atoms with E-state index in [0.29, 0.717) is 12.2 Å². The average molecular weight is 399 g/mol. The smallest absolute Gasteiger partial charge is 0.234 e. The number of allylic oxidation sites excluding steroid dienone is 8. The van der Waals surface area contributed by atoms with Gasteiger partial charge in [0.15, 0.2) is 0 Å². The highest BCUT2D eigenvalue weighted by atomic mass is 32.2. The van der Waals surface area contributed by atoms with E-state index in [0.717, 1.165) is 16.3 Å². The summed E-state index contributed by atoms with van der Waals surface area (Å²) in [5.41, 5.74) is 1.21. The molecule has 2 N–H and O–H groups in total. The van der Waals surface area contributed by atoms with Gasteiger partial charge < -0.3 is 5.32 Å². The maximum absolute atomic E-state index is 12.7. The van der Waals surface area contributed by atoms with Gasteiger partial charge in [-0.1, -0.05) is 56.4 Å². The highest BCUT2D eigenvalue weighted by Crippen LogP contribution is 2.20. The largest absolute Gasteiger partial charge is 0.384 e. The molecule has 0 radical (unpaired) electrons. The van der Waals surface area contributed by atoms with Crippen LogP contribution in [0.4, 0.5) is 0 Å². The number of rotatable bonds is 6. The second-order valence-corrected chi connectivity index (χ2v) is 9.23.